The fourth-order valence-electron chi connectivity index (χ4n) is 2.70. The van der Waals surface area contributed by atoms with Crippen LogP contribution in [0.25, 0.3) is 6.08 Å². The Morgan fingerprint density at radius 2 is 1.52 bits per heavy atom. The third kappa shape index (κ3) is 4.76. The van der Waals surface area contributed by atoms with Gasteiger partial charge < -0.3 is 5.11 Å². The van der Waals surface area contributed by atoms with Crippen molar-refractivity contribution in [3.63, 3.8) is 0 Å². The molecule has 0 atom stereocenters. The monoisotopic (exact) mass is 354 g/mol. The first-order valence-corrected chi connectivity index (χ1v) is 9.79. The van der Waals surface area contributed by atoms with Crippen molar-refractivity contribution in [1.29, 1.82) is 0 Å². The summed E-state index contributed by atoms with van der Waals surface area (Å²) in [5, 5.41) is 10.5. The maximum Gasteiger partial charge on any atom is 0.185 e. The lowest BCUT2D eigenvalue weighted by molar-refractivity contribution is 0.104. The number of hydrogen-bond acceptors (Lipinski definition) is 3. The number of benzene rings is 2. The summed E-state index contributed by atoms with van der Waals surface area (Å²) in [6, 6.07) is 11.6. The van der Waals surface area contributed by atoms with E-state index >= 15 is 0 Å². The van der Waals surface area contributed by atoms with E-state index in [1.807, 2.05) is 48.7 Å². The number of rotatable bonds is 6. The summed E-state index contributed by atoms with van der Waals surface area (Å²) in [7, 11) is 0. The van der Waals surface area contributed by atoms with Gasteiger partial charge in [-0.3, -0.25) is 4.79 Å². The average molecular weight is 355 g/mol. The molecule has 1 N–H and O–H groups in total. The van der Waals surface area contributed by atoms with Gasteiger partial charge in [-0.1, -0.05) is 33.8 Å². The molecule has 0 bridgehead atoms. The number of carbonyl (C=O) groups is 1. The van der Waals surface area contributed by atoms with Crippen LogP contribution in [-0.4, -0.2) is 17.1 Å². The lowest BCUT2D eigenvalue weighted by Gasteiger charge is -2.16. The van der Waals surface area contributed by atoms with Crippen molar-refractivity contribution in [2.75, 3.05) is 6.26 Å². The second-order valence-corrected chi connectivity index (χ2v) is 7.66. The highest BCUT2D eigenvalue weighted by atomic mass is 32.2. The maximum absolute atomic E-state index is 12.4. The Bertz CT molecular complexity index is 742. The molecular formula is C22H26O2S. The third-order valence-corrected chi connectivity index (χ3v) is 4.98. The van der Waals surface area contributed by atoms with Crippen LogP contribution >= 0.6 is 11.8 Å². The fraction of sp³-hybridized carbons (Fsp3) is 0.318. The number of carbonyl (C=O) groups excluding carboxylic acids is 1. The second kappa shape index (κ2) is 8.39. The van der Waals surface area contributed by atoms with Gasteiger partial charge in [0.15, 0.2) is 5.78 Å². The summed E-state index contributed by atoms with van der Waals surface area (Å²) >= 11 is 1.66. The second-order valence-electron chi connectivity index (χ2n) is 6.78. The fourth-order valence-corrected chi connectivity index (χ4v) is 3.11. The molecular weight excluding hydrogens is 328 g/mol. The van der Waals surface area contributed by atoms with Gasteiger partial charge in [0.05, 0.1) is 0 Å². The van der Waals surface area contributed by atoms with E-state index in [2.05, 4.69) is 27.7 Å². The van der Waals surface area contributed by atoms with Gasteiger partial charge in [-0.2, -0.15) is 0 Å². The van der Waals surface area contributed by atoms with E-state index in [9.17, 15) is 9.90 Å². The third-order valence-electron chi connectivity index (χ3n) is 4.24. The van der Waals surface area contributed by atoms with Gasteiger partial charge in [-0.05, 0) is 77.3 Å². The number of aromatic hydroxyl groups is 1. The van der Waals surface area contributed by atoms with Crippen LogP contribution in [0, 0.1) is 0 Å². The molecule has 25 heavy (non-hydrogen) atoms. The van der Waals surface area contributed by atoms with Gasteiger partial charge in [0.25, 0.3) is 0 Å². The normalized spacial score (nSPS) is 11.6. The van der Waals surface area contributed by atoms with Gasteiger partial charge in [0, 0.05) is 10.5 Å². The maximum atomic E-state index is 12.4. The van der Waals surface area contributed by atoms with Crippen molar-refractivity contribution < 1.29 is 9.90 Å². The van der Waals surface area contributed by atoms with Crippen molar-refractivity contribution in [1.82, 2.24) is 0 Å². The van der Waals surface area contributed by atoms with E-state index in [4.69, 9.17) is 0 Å². The molecule has 0 spiro atoms. The molecule has 2 nitrogen and oxygen atoms in total. The van der Waals surface area contributed by atoms with Crippen LogP contribution in [0.4, 0.5) is 0 Å². The van der Waals surface area contributed by atoms with Crippen molar-refractivity contribution in [2.24, 2.45) is 0 Å². The van der Waals surface area contributed by atoms with Crippen molar-refractivity contribution in [3.8, 4) is 5.75 Å². The standard InChI is InChI=1S/C22H26O2S/c1-14(2)19-12-16(13-20(15(3)4)22(19)24)6-11-21(23)17-7-9-18(25-5)10-8-17/h6-15,24H,1-5H3/b11-6+. The molecule has 132 valence electrons. The largest absolute Gasteiger partial charge is 0.507 e. The number of phenols is 1. The Kier molecular flexibility index (Phi) is 6.49. The molecule has 0 aliphatic carbocycles. The first kappa shape index (κ1) is 19.3. The first-order chi connectivity index (χ1) is 11.8. The van der Waals surface area contributed by atoms with Crippen molar-refractivity contribution in [2.45, 2.75) is 44.4 Å². The zero-order valence-corrected chi connectivity index (χ0v) is 16.4. The lowest BCUT2D eigenvalue weighted by Crippen LogP contribution is -1.97. The Labute approximate surface area is 155 Å². The summed E-state index contributed by atoms with van der Waals surface area (Å²) in [6.07, 6.45) is 5.46. The molecule has 0 saturated heterocycles. The molecule has 0 amide bonds. The van der Waals surface area contributed by atoms with Crippen LogP contribution in [0.1, 0.15) is 66.6 Å². The molecule has 0 unspecified atom stereocenters. The van der Waals surface area contributed by atoms with Crippen LogP contribution in [0.15, 0.2) is 47.4 Å². The molecule has 0 aliphatic rings. The van der Waals surface area contributed by atoms with Crippen molar-refractivity contribution >= 4 is 23.6 Å². The minimum Gasteiger partial charge on any atom is -0.507 e. The summed E-state index contributed by atoms with van der Waals surface area (Å²) in [4.78, 5) is 13.5. The van der Waals surface area contributed by atoms with Crippen LogP contribution in [0.5, 0.6) is 5.75 Å². The average Bonchev–Trinajstić information content (AvgIpc) is 2.60. The Morgan fingerprint density at radius 3 is 1.96 bits per heavy atom. The van der Waals surface area contributed by atoms with Crippen LogP contribution in [-0.2, 0) is 0 Å². The van der Waals surface area contributed by atoms with Gasteiger partial charge in [-0.15, -0.1) is 11.8 Å². The zero-order valence-electron chi connectivity index (χ0n) is 15.5. The van der Waals surface area contributed by atoms with E-state index in [0.717, 1.165) is 21.6 Å². The van der Waals surface area contributed by atoms with Crippen LogP contribution < -0.4 is 0 Å². The number of ketones is 1. The van der Waals surface area contributed by atoms with E-state index in [1.54, 1.807) is 17.8 Å². The van der Waals surface area contributed by atoms with Gasteiger partial charge >= 0.3 is 0 Å². The number of hydrogen-bond donors (Lipinski definition) is 1. The molecule has 0 radical (unpaired) electrons. The first-order valence-electron chi connectivity index (χ1n) is 8.56. The predicted octanol–water partition coefficient (Wildman–Crippen LogP) is 6.26. The van der Waals surface area contributed by atoms with E-state index in [1.165, 1.54) is 0 Å². The van der Waals surface area contributed by atoms with Crippen molar-refractivity contribution in [3.05, 3.63) is 64.7 Å². The SMILES string of the molecule is CSc1ccc(C(=O)/C=C/c2cc(C(C)C)c(O)c(C(C)C)c2)cc1. The Morgan fingerprint density at radius 1 is 1.00 bits per heavy atom. The van der Waals surface area contributed by atoms with E-state index in [-0.39, 0.29) is 17.6 Å². The molecule has 2 aromatic carbocycles. The summed E-state index contributed by atoms with van der Waals surface area (Å²) in [6.45, 7) is 8.24. The van der Waals surface area contributed by atoms with Gasteiger partial charge in [-0.25, -0.2) is 0 Å². The quantitative estimate of drug-likeness (QED) is 0.378. The van der Waals surface area contributed by atoms with Crippen LogP contribution in [0.2, 0.25) is 0 Å². The van der Waals surface area contributed by atoms with E-state index in [0.29, 0.717) is 11.3 Å². The molecule has 0 heterocycles. The predicted molar refractivity (Wildman–Crippen MR) is 108 cm³/mol. The number of thioether (sulfide) groups is 1. The molecule has 0 saturated carbocycles. The zero-order chi connectivity index (χ0) is 18.6. The molecule has 0 aliphatic heterocycles. The molecule has 2 aromatic rings. The number of allylic oxidation sites excluding steroid dienone is 1. The highest BCUT2D eigenvalue weighted by Crippen LogP contribution is 2.35. The van der Waals surface area contributed by atoms with E-state index < -0.39 is 0 Å². The van der Waals surface area contributed by atoms with Crippen LogP contribution in [0.3, 0.4) is 0 Å². The topological polar surface area (TPSA) is 37.3 Å². The number of phenolic OH excluding ortho intramolecular Hbond substituents is 1. The van der Waals surface area contributed by atoms with Gasteiger partial charge in [0.1, 0.15) is 5.75 Å². The molecule has 0 aromatic heterocycles. The Balaban J connectivity index is 2.31. The molecule has 3 heteroatoms. The summed E-state index contributed by atoms with van der Waals surface area (Å²) in [5.41, 5.74) is 3.46. The summed E-state index contributed by atoms with van der Waals surface area (Å²) < 4.78 is 0. The minimum absolute atomic E-state index is 0.0158. The highest BCUT2D eigenvalue weighted by molar-refractivity contribution is 7.98. The summed E-state index contributed by atoms with van der Waals surface area (Å²) in [5.74, 6) is 0.806. The Hall–Kier alpha value is -2.00. The highest BCUT2D eigenvalue weighted by Gasteiger charge is 2.14. The van der Waals surface area contributed by atoms with Gasteiger partial charge in [0.2, 0.25) is 0 Å². The molecule has 0 fully saturated rings. The lowest BCUT2D eigenvalue weighted by atomic mass is 9.91. The smallest absolute Gasteiger partial charge is 0.185 e. The minimum atomic E-state index is -0.0158. The molecule has 2 rings (SSSR count).